The van der Waals surface area contributed by atoms with Crippen LogP contribution >= 0.6 is 11.6 Å². The standard InChI is InChI=1S/C19H18ClN3O2S/c1-13-3-6-16(11-14(13)2)22-17-7-10-19(21-12-17)23-26(24,25)18-8-4-15(20)5-9-18/h3-12,22H,1-2H3,(H,21,23). The van der Waals surface area contributed by atoms with E-state index in [-0.39, 0.29) is 10.7 Å². The van der Waals surface area contributed by atoms with Crippen LogP contribution in [0.4, 0.5) is 17.2 Å². The highest BCUT2D eigenvalue weighted by molar-refractivity contribution is 7.92. The van der Waals surface area contributed by atoms with Crippen molar-refractivity contribution in [1.29, 1.82) is 0 Å². The smallest absolute Gasteiger partial charge is 0.263 e. The molecule has 0 amide bonds. The number of pyridine rings is 1. The maximum atomic E-state index is 12.3. The third kappa shape index (κ3) is 4.33. The van der Waals surface area contributed by atoms with E-state index in [1.54, 1.807) is 18.3 Å². The fourth-order valence-electron chi connectivity index (χ4n) is 2.32. The Morgan fingerprint density at radius 3 is 2.19 bits per heavy atom. The molecule has 0 atom stereocenters. The first-order chi connectivity index (χ1) is 12.3. The number of benzene rings is 2. The molecule has 3 rings (SSSR count). The minimum absolute atomic E-state index is 0.126. The predicted molar refractivity (Wildman–Crippen MR) is 106 cm³/mol. The average Bonchev–Trinajstić information content (AvgIpc) is 2.60. The Balaban J connectivity index is 1.73. The summed E-state index contributed by atoms with van der Waals surface area (Å²) in [5.41, 5.74) is 4.13. The number of aryl methyl sites for hydroxylation is 2. The van der Waals surface area contributed by atoms with E-state index in [1.807, 2.05) is 25.1 Å². The van der Waals surface area contributed by atoms with Crippen molar-refractivity contribution in [3.05, 3.63) is 76.9 Å². The molecule has 3 aromatic rings. The van der Waals surface area contributed by atoms with Gasteiger partial charge >= 0.3 is 0 Å². The van der Waals surface area contributed by atoms with E-state index in [1.165, 1.54) is 35.4 Å². The fraction of sp³-hybridized carbons (Fsp3) is 0.105. The third-order valence-electron chi connectivity index (χ3n) is 3.92. The summed E-state index contributed by atoms with van der Waals surface area (Å²) in [6.45, 7) is 4.11. The molecule has 134 valence electrons. The second-order valence-electron chi connectivity index (χ2n) is 5.92. The van der Waals surface area contributed by atoms with Gasteiger partial charge in [-0.3, -0.25) is 4.72 Å². The normalized spacial score (nSPS) is 11.2. The van der Waals surface area contributed by atoms with E-state index in [9.17, 15) is 8.42 Å². The second kappa shape index (κ2) is 7.35. The lowest BCUT2D eigenvalue weighted by Crippen LogP contribution is -2.13. The van der Waals surface area contributed by atoms with Gasteiger partial charge in [-0.15, -0.1) is 0 Å². The van der Waals surface area contributed by atoms with Crippen molar-refractivity contribution in [2.24, 2.45) is 0 Å². The van der Waals surface area contributed by atoms with Crippen molar-refractivity contribution < 1.29 is 8.42 Å². The summed E-state index contributed by atoms with van der Waals surface area (Å²) in [7, 11) is -3.70. The number of anilines is 3. The summed E-state index contributed by atoms with van der Waals surface area (Å²) in [6, 6.07) is 15.4. The van der Waals surface area contributed by atoms with Crippen LogP contribution in [0.15, 0.2) is 65.7 Å². The van der Waals surface area contributed by atoms with Gasteiger partial charge in [0.25, 0.3) is 10.0 Å². The lowest BCUT2D eigenvalue weighted by molar-refractivity contribution is 0.601. The van der Waals surface area contributed by atoms with Gasteiger partial charge in [-0.2, -0.15) is 0 Å². The molecule has 5 nitrogen and oxygen atoms in total. The van der Waals surface area contributed by atoms with Gasteiger partial charge in [0.1, 0.15) is 5.82 Å². The minimum atomic E-state index is -3.70. The monoisotopic (exact) mass is 387 g/mol. The summed E-state index contributed by atoms with van der Waals surface area (Å²) < 4.78 is 27.1. The molecule has 0 aliphatic heterocycles. The molecule has 0 saturated carbocycles. The van der Waals surface area contributed by atoms with Crippen LogP contribution in [0, 0.1) is 13.8 Å². The van der Waals surface area contributed by atoms with E-state index in [4.69, 9.17) is 11.6 Å². The highest BCUT2D eigenvalue weighted by atomic mass is 35.5. The summed E-state index contributed by atoms with van der Waals surface area (Å²) in [5, 5.41) is 3.72. The van der Waals surface area contributed by atoms with Gasteiger partial charge in [0.05, 0.1) is 16.8 Å². The van der Waals surface area contributed by atoms with Gasteiger partial charge < -0.3 is 5.32 Å². The van der Waals surface area contributed by atoms with Crippen molar-refractivity contribution in [3.8, 4) is 0 Å². The molecule has 0 radical (unpaired) electrons. The molecular formula is C19H18ClN3O2S. The maximum Gasteiger partial charge on any atom is 0.263 e. The van der Waals surface area contributed by atoms with E-state index < -0.39 is 10.0 Å². The number of aromatic nitrogens is 1. The molecule has 2 aromatic carbocycles. The minimum Gasteiger partial charge on any atom is -0.354 e. The Labute approximate surface area is 158 Å². The molecule has 0 spiro atoms. The number of nitrogens with one attached hydrogen (secondary N) is 2. The lowest BCUT2D eigenvalue weighted by atomic mass is 10.1. The van der Waals surface area contributed by atoms with Gasteiger partial charge in [0.15, 0.2) is 0 Å². The summed E-state index contributed by atoms with van der Waals surface area (Å²) in [4.78, 5) is 4.29. The topological polar surface area (TPSA) is 71.1 Å². The van der Waals surface area contributed by atoms with Crippen LogP contribution in [0.25, 0.3) is 0 Å². The number of sulfonamides is 1. The van der Waals surface area contributed by atoms with Gasteiger partial charge in [0.2, 0.25) is 0 Å². The van der Waals surface area contributed by atoms with Crippen LogP contribution in [-0.2, 0) is 10.0 Å². The number of hydrogen-bond donors (Lipinski definition) is 2. The lowest BCUT2D eigenvalue weighted by Gasteiger charge is -2.10. The number of nitrogens with zero attached hydrogens (tertiary/aromatic N) is 1. The molecular weight excluding hydrogens is 370 g/mol. The largest absolute Gasteiger partial charge is 0.354 e. The van der Waals surface area contributed by atoms with Crippen LogP contribution in [-0.4, -0.2) is 13.4 Å². The van der Waals surface area contributed by atoms with Gasteiger partial charge in [-0.1, -0.05) is 17.7 Å². The van der Waals surface area contributed by atoms with Crippen molar-refractivity contribution in [3.63, 3.8) is 0 Å². The summed E-state index contributed by atoms with van der Waals surface area (Å²) >= 11 is 5.79. The van der Waals surface area contributed by atoms with Gasteiger partial charge in [-0.25, -0.2) is 13.4 Å². The quantitative estimate of drug-likeness (QED) is 0.653. The first-order valence-electron chi connectivity index (χ1n) is 7.92. The molecule has 26 heavy (non-hydrogen) atoms. The molecule has 2 N–H and O–H groups in total. The Morgan fingerprint density at radius 1 is 0.885 bits per heavy atom. The van der Waals surface area contributed by atoms with Gasteiger partial charge in [-0.05, 0) is 73.5 Å². The summed E-state index contributed by atoms with van der Waals surface area (Å²) in [5.74, 6) is 0.241. The van der Waals surface area contributed by atoms with E-state index >= 15 is 0 Å². The number of halogens is 1. The van der Waals surface area contributed by atoms with Crippen molar-refractivity contribution in [2.75, 3.05) is 10.0 Å². The molecule has 7 heteroatoms. The molecule has 0 aliphatic carbocycles. The van der Waals surface area contributed by atoms with Crippen molar-refractivity contribution in [1.82, 2.24) is 4.98 Å². The average molecular weight is 388 g/mol. The van der Waals surface area contributed by atoms with E-state index in [0.29, 0.717) is 5.02 Å². The molecule has 1 aromatic heterocycles. The fourth-order valence-corrected chi connectivity index (χ4v) is 3.46. The van der Waals surface area contributed by atoms with Crippen molar-refractivity contribution >= 4 is 38.8 Å². The molecule has 0 saturated heterocycles. The van der Waals surface area contributed by atoms with Crippen LogP contribution < -0.4 is 10.0 Å². The van der Waals surface area contributed by atoms with Crippen LogP contribution in [0.2, 0.25) is 5.02 Å². The summed E-state index contributed by atoms with van der Waals surface area (Å²) in [6.07, 6.45) is 1.58. The first kappa shape index (κ1) is 18.2. The third-order valence-corrected chi connectivity index (χ3v) is 5.54. The highest BCUT2D eigenvalue weighted by Crippen LogP contribution is 2.21. The first-order valence-corrected chi connectivity index (χ1v) is 9.78. The van der Waals surface area contributed by atoms with Crippen molar-refractivity contribution in [2.45, 2.75) is 18.7 Å². The highest BCUT2D eigenvalue weighted by Gasteiger charge is 2.14. The predicted octanol–water partition coefficient (Wildman–Crippen LogP) is 4.90. The van der Waals surface area contributed by atoms with Gasteiger partial charge in [0, 0.05) is 10.7 Å². The second-order valence-corrected chi connectivity index (χ2v) is 8.03. The zero-order valence-corrected chi connectivity index (χ0v) is 15.9. The van der Waals surface area contributed by atoms with Crippen LogP contribution in [0.3, 0.4) is 0 Å². The Morgan fingerprint density at radius 2 is 1.58 bits per heavy atom. The number of hydrogen-bond acceptors (Lipinski definition) is 4. The molecule has 1 heterocycles. The molecule has 0 unspecified atom stereocenters. The van der Waals surface area contributed by atoms with Crippen LogP contribution in [0.5, 0.6) is 0 Å². The maximum absolute atomic E-state index is 12.3. The van der Waals surface area contributed by atoms with E-state index in [2.05, 4.69) is 21.9 Å². The Bertz CT molecular complexity index is 1020. The number of rotatable bonds is 5. The SMILES string of the molecule is Cc1ccc(Nc2ccc(NS(=O)(=O)c3ccc(Cl)cc3)nc2)cc1C. The zero-order chi connectivity index (χ0) is 18.7. The van der Waals surface area contributed by atoms with E-state index in [0.717, 1.165) is 11.4 Å². The Hall–Kier alpha value is -2.57. The Kier molecular flexibility index (Phi) is 5.15. The zero-order valence-electron chi connectivity index (χ0n) is 14.3. The van der Waals surface area contributed by atoms with Crippen LogP contribution in [0.1, 0.15) is 11.1 Å². The molecule has 0 bridgehead atoms. The molecule has 0 aliphatic rings. The molecule has 0 fully saturated rings.